The van der Waals surface area contributed by atoms with Crippen LogP contribution in [0.3, 0.4) is 0 Å². The van der Waals surface area contributed by atoms with Gasteiger partial charge in [0.1, 0.15) is 5.82 Å². The van der Waals surface area contributed by atoms with E-state index in [2.05, 4.69) is 0 Å². The number of aliphatic hydroxyl groups is 1. The summed E-state index contributed by atoms with van der Waals surface area (Å²) in [7, 11) is 0. The SMILES string of the molecule is Cc1cccc(CC(O)c2ccc(Cl)cc2F)c1. The van der Waals surface area contributed by atoms with Crippen LogP contribution in [-0.4, -0.2) is 5.11 Å². The minimum Gasteiger partial charge on any atom is -0.388 e. The van der Waals surface area contributed by atoms with Gasteiger partial charge in [-0.25, -0.2) is 4.39 Å². The zero-order valence-electron chi connectivity index (χ0n) is 10.0. The molecule has 94 valence electrons. The van der Waals surface area contributed by atoms with Crippen LogP contribution in [0.4, 0.5) is 4.39 Å². The summed E-state index contributed by atoms with van der Waals surface area (Å²) in [4.78, 5) is 0. The molecule has 0 aliphatic heterocycles. The van der Waals surface area contributed by atoms with Crippen LogP contribution in [0.2, 0.25) is 5.02 Å². The summed E-state index contributed by atoms with van der Waals surface area (Å²) in [6.45, 7) is 1.98. The van der Waals surface area contributed by atoms with Gasteiger partial charge in [0.25, 0.3) is 0 Å². The summed E-state index contributed by atoms with van der Waals surface area (Å²) >= 11 is 5.68. The molecule has 0 heterocycles. The molecule has 1 atom stereocenters. The monoisotopic (exact) mass is 264 g/mol. The first-order valence-corrected chi connectivity index (χ1v) is 6.12. The summed E-state index contributed by atoms with van der Waals surface area (Å²) in [5.74, 6) is -0.470. The average molecular weight is 265 g/mol. The van der Waals surface area contributed by atoms with Gasteiger partial charge >= 0.3 is 0 Å². The highest BCUT2D eigenvalue weighted by atomic mass is 35.5. The van der Waals surface area contributed by atoms with Crippen LogP contribution in [-0.2, 0) is 6.42 Å². The number of aliphatic hydroxyl groups excluding tert-OH is 1. The van der Waals surface area contributed by atoms with Crippen molar-refractivity contribution in [3.63, 3.8) is 0 Å². The number of halogens is 2. The van der Waals surface area contributed by atoms with Crippen molar-refractivity contribution < 1.29 is 9.50 Å². The van der Waals surface area contributed by atoms with Crippen LogP contribution in [0.1, 0.15) is 22.8 Å². The van der Waals surface area contributed by atoms with Crippen molar-refractivity contribution in [3.8, 4) is 0 Å². The highest BCUT2D eigenvalue weighted by Crippen LogP contribution is 2.23. The first kappa shape index (κ1) is 13.1. The molecular weight excluding hydrogens is 251 g/mol. The van der Waals surface area contributed by atoms with Gasteiger partial charge in [-0.05, 0) is 24.6 Å². The first-order chi connectivity index (χ1) is 8.56. The molecule has 0 bridgehead atoms. The lowest BCUT2D eigenvalue weighted by molar-refractivity contribution is 0.173. The Morgan fingerprint density at radius 1 is 1.22 bits per heavy atom. The molecule has 18 heavy (non-hydrogen) atoms. The lowest BCUT2D eigenvalue weighted by Gasteiger charge is -2.12. The van der Waals surface area contributed by atoms with E-state index in [1.807, 2.05) is 31.2 Å². The molecule has 3 heteroatoms. The van der Waals surface area contributed by atoms with Gasteiger partial charge in [-0.3, -0.25) is 0 Å². The van der Waals surface area contributed by atoms with E-state index in [9.17, 15) is 9.50 Å². The molecule has 0 amide bonds. The van der Waals surface area contributed by atoms with Crippen molar-refractivity contribution >= 4 is 11.6 Å². The fourth-order valence-corrected chi connectivity index (χ4v) is 2.10. The molecule has 2 aromatic rings. The van der Waals surface area contributed by atoms with Crippen LogP contribution in [0.25, 0.3) is 0 Å². The summed E-state index contributed by atoms with van der Waals surface area (Å²) in [5, 5.41) is 10.4. The molecule has 1 nitrogen and oxygen atoms in total. The summed E-state index contributed by atoms with van der Waals surface area (Å²) < 4.78 is 13.6. The number of hydrogen-bond donors (Lipinski definition) is 1. The third-order valence-corrected chi connectivity index (χ3v) is 3.07. The minimum atomic E-state index is -0.857. The van der Waals surface area contributed by atoms with Crippen LogP contribution >= 0.6 is 11.6 Å². The summed E-state index contributed by atoms with van der Waals surface area (Å²) in [6.07, 6.45) is -0.468. The number of rotatable bonds is 3. The Morgan fingerprint density at radius 3 is 2.67 bits per heavy atom. The molecule has 0 aliphatic carbocycles. The molecule has 0 fully saturated rings. The normalized spacial score (nSPS) is 12.4. The van der Waals surface area contributed by atoms with E-state index in [1.54, 1.807) is 6.07 Å². The third-order valence-electron chi connectivity index (χ3n) is 2.83. The molecule has 2 rings (SSSR count). The maximum Gasteiger partial charge on any atom is 0.130 e. The van der Waals surface area contributed by atoms with Gasteiger partial charge in [-0.15, -0.1) is 0 Å². The van der Waals surface area contributed by atoms with Crippen LogP contribution < -0.4 is 0 Å². The molecule has 1 N–H and O–H groups in total. The Bertz CT molecular complexity index is 554. The zero-order chi connectivity index (χ0) is 13.1. The Balaban J connectivity index is 2.19. The molecule has 0 spiro atoms. The standard InChI is InChI=1S/C15H14ClFO/c1-10-3-2-4-11(7-10)8-15(18)13-6-5-12(16)9-14(13)17/h2-7,9,15,18H,8H2,1H3. The van der Waals surface area contributed by atoms with Crippen LogP contribution in [0.5, 0.6) is 0 Å². The van der Waals surface area contributed by atoms with Crippen molar-refractivity contribution in [1.29, 1.82) is 0 Å². The van der Waals surface area contributed by atoms with Gasteiger partial charge in [0.15, 0.2) is 0 Å². The predicted octanol–water partition coefficient (Wildman–Crippen LogP) is 4.06. The Hall–Kier alpha value is -1.38. The van der Waals surface area contributed by atoms with Crippen molar-refractivity contribution in [3.05, 3.63) is 70.0 Å². The first-order valence-electron chi connectivity index (χ1n) is 5.75. The Kier molecular flexibility index (Phi) is 4.00. The van der Waals surface area contributed by atoms with Crippen molar-refractivity contribution in [2.24, 2.45) is 0 Å². The largest absolute Gasteiger partial charge is 0.388 e. The van der Waals surface area contributed by atoms with E-state index in [0.29, 0.717) is 11.4 Å². The summed E-state index contributed by atoms with van der Waals surface area (Å²) in [6, 6.07) is 12.1. The fourth-order valence-electron chi connectivity index (χ4n) is 1.94. The van der Waals surface area contributed by atoms with Gasteiger partial charge in [0.05, 0.1) is 6.10 Å². The van der Waals surface area contributed by atoms with E-state index in [-0.39, 0.29) is 5.56 Å². The van der Waals surface area contributed by atoms with Crippen molar-refractivity contribution in [2.75, 3.05) is 0 Å². The highest BCUT2D eigenvalue weighted by molar-refractivity contribution is 6.30. The highest BCUT2D eigenvalue weighted by Gasteiger charge is 2.13. The molecule has 0 aromatic heterocycles. The summed E-state index contributed by atoms with van der Waals surface area (Å²) in [5.41, 5.74) is 2.38. The van der Waals surface area contributed by atoms with E-state index in [4.69, 9.17) is 11.6 Å². The van der Waals surface area contributed by atoms with E-state index in [1.165, 1.54) is 12.1 Å². The van der Waals surface area contributed by atoms with E-state index >= 15 is 0 Å². The second kappa shape index (κ2) is 5.51. The Morgan fingerprint density at radius 2 is 2.00 bits per heavy atom. The lowest BCUT2D eigenvalue weighted by atomic mass is 10.00. The fraction of sp³-hybridized carbons (Fsp3) is 0.200. The minimum absolute atomic E-state index is 0.279. The van der Waals surface area contributed by atoms with Gasteiger partial charge in [-0.1, -0.05) is 47.5 Å². The molecule has 0 radical (unpaired) electrons. The number of aryl methyl sites for hydroxylation is 1. The average Bonchev–Trinajstić information content (AvgIpc) is 2.28. The smallest absolute Gasteiger partial charge is 0.130 e. The van der Waals surface area contributed by atoms with Crippen molar-refractivity contribution in [1.82, 2.24) is 0 Å². The van der Waals surface area contributed by atoms with Crippen molar-refractivity contribution in [2.45, 2.75) is 19.4 Å². The molecule has 0 saturated heterocycles. The Labute approximate surface area is 111 Å². The maximum absolute atomic E-state index is 13.6. The van der Waals surface area contributed by atoms with E-state index in [0.717, 1.165) is 11.1 Å². The molecule has 0 aliphatic rings. The second-order valence-corrected chi connectivity index (χ2v) is 4.81. The quantitative estimate of drug-likeness (QED) is 0.886. The second-order valence-electron chi connectivity index (χ2n) is 4.37. The number of hydrogen-bond acceptors (Lipinski definition) is 1. The van der Waals surface area contributed by atoms with Gasteiger partial charge in [0, 0.05) is 17.0 Å². The van der Waals surface area contributed by atoms with Gasteiger partial charge < -0.3 is 5.11 Å². The molecular formula is C15H14ClFO. The number of benzene rings is 2. The molecule has 2 aromatic carbocycles. The third kappa shape index (κ3) is 3.09. The van der Waals surface area contributed by atoms with Crippen LogP contribution in [0, 0.1) is 12.7 Å². The predicted molar refractivity (Wildman–Crippen MR) is 71.3 cm³/mol. The van der Waals surface area contributed by atoms with Gasteiger partial charge in [0.2, 0.25) is 0 Å². The topological polar surface area (TPSA) is 20.2 Å². The maximum atomic E-state index is 13.6. The molecule has 1 unspecified atom stereocenters. The molecule has 0 saturated carbocycles. The zero-order valence-corrected chi connectivity index (χ0v) is 10.8. The lowest BCUT2D eigenvalue weighted by Crippen LogP contribution is -2.04. The van der Waals surface area contributed by atoms with Crippen LogP contribution in [0.15, 0.2) is 42.5 Å². The van der Waals surface area contributed by atoms with E-state index < -0.39 is 11.9 Å². The van der Waals surface area contributed by atoms with Gasteiger partial charge in [-0.2, -0.15) is 0 Å².